The van der Waals surface area contributed by atoms with Gasteiger partial charge >= 0.3 is 67.5 Å². The van der Waals surface area contributed by atoms with E-state index in [2.05, 4.69) is 94.4 Å². The first-order valence-corrected chi connectivity index (χ1v) is 14.7. The third-order valence-electron chi connectivity index (χ3n) is 4.35. The van der Waals surface area contributed by atoms with Gasteiger partial charge in [0.2, 0.25) is 0 Å². The molecule has 148 valence electrons. The SMILES string of the molecule is CC(C)[Si](=[Zr+2])C(C)C.[C-]1=CC=CC1.[Cl-].[Cl-].c1ccc2c(c1)[cH-]c1ccccc12. The third kappa shape index (κ3) is 8.46. The van der Waals surface area contributed by atoms with Crippen LogP contribution in [0.1, 0.15) is 34.1 Å². The Morgan fingerprint density at radius 3 is 1.61 bits per heavy atom. The maximum Gasteiger partial charge on any atom is -0.0771 e. The van der Waals surface area contributed by atoms with E-state index in [-0.39, 0.29) is 30.2 Å². The van der Waals surface area contributed by atoms with Crippen LogP contribution in [0.2, 0.25) is 11.1 Å². The molecule has 3 aromatic carbocycles. The van der Waals surface area contributed by atoms with Crippen LogP contribution in [0.25, 0.3) is 21.5 Å². The molecule has 0 N–H and O–H groups in total. The van der Waals surface area contributed by atoms with E-state index in [1.54, 1.807) is 23.3 Å². The molecule has 0 spiro atoms. The first-order chi connectivity index (χ1) is 12.5. The van der Waals surface area contributed by atoms with Gasteiger partial charge in [0.1, 0.15) is 0 Å². The Morgan fingerprint density at radius 2 is 1.32 bits per heavy atom. The van der Waals surface area contributed by atoms with E-state index in [1.807, 2.05) is 12.2 Å². The summed E-state index contributed by atoms with van der Waals surface area (Å²) in [7, 11) is 0. The monoisotopic (exact) mass is 504 g/mol. The first-order valence-electron chi connectivity index (χ1n) is 9.34. The van der Waals surface area contributed by atoms with Crippen molar-refractivity contribution in [1.82, 2.24) is 0 Å². The van der Waals surface area contributed by atoms with Crippen molar-refractivity contribution >= 4 is 27.0 Å². The largest absolute Gasteiger partial charge is 1.00 e. The molecule has 0 bridgehead atoms. The molecule has 0 fully saturated rings. The molecule has 0 unspecified atom stereocenters. The van der Waals surface area contributed by atoms with E-state index in [9.17, 15) is 0 Å². The van der Waals surface area contributed by atoms with Crippen molar-refractivity contribution in [2.45, 2.75) is 45.2 Å². The van der Waals surface area contributed by atoms with Crippen LogP contribution in [0.5, 0.6) is 0 Å². The Morgan fingerprint density at radius 1 is 0.857 bits per heavy atom. The second kappa shape index (κ2) is 14.5. The molecule has 0 saturated heterocycles. The quantitative estimate of drug-likeness (QED) is 0.364. The van der Waals surface area contributed by atoms with Crippen LogP contribution in [-0.2, 0) is 23.3 Å². The number of benzene rings is 2. The summed E-state index contributed by atoms with van der Waals surface area (Å²) in [6.45, 7) is 9.40. The standard InChI is InChI=1S/C13H9.C6H14Si.C5H5.2ClH.Zr/c1-3-7-12-10(5-1)9-11-6-2-4-8-13(11)12;1-5(2)7-6(3)4;1-2-4-5-3-1;;;/h1-9H;5-6H,1-4H3;1-3H,4H2;2*1H;/q-1;;-1;;;+2/p-2. The Labute approximate surface area is 198 Å². The predicted molar refractivity (Wildman–Crippen MR) is 115 cm³/mol. The van der Waals surface area contributed by atoms with E-state index in [0.29, 0.717) is 0 Å². The van der Waals surface area contributed by atoms with Gasteiger partial charge in [-0.15, -0.1) is 46.2 Å². The van der Waals surface area contributed by atoms with Crippen molar-refractivity contribution in [1.29, 1.82) is 0 Å². The fraction of sp³-hybridized carbons (Fsp3) is 0.292. The number of halogens is 2. The minimum absolute atomic E-state index is 0. The summed E-state index contributed by atoms with van der Waals surface area (Å²) in [4.78, 5) is 0. The fourth-order valence-corrected chi connectivity index (χ4v) is 4.24. The smallest absolute Gasteiger partial charge is 0.0771 e. The predicted octanol–water partition coefficient (Wildman–Crippen LogP) is 1.37. The van der Waals surface area contributed by atoms with Crippen molar-refractivity contribution in [3.05, 3.63) is 78.9 Å². The van der Waals surface area contributed by atoms with E-state index < -0.39 is 0 Å². The maximum atomic E-state index is 2.99. The molecule has 3 aromatic rings. The molecule has 28 heavy (non-hydrogen) atoms. The van der Waals surface area contributed by atoms with Gasteiger partial charge in [-0.25, -0.2) is 12.2 Å². The Kier molecular flexibility index (Phi) is 14.2. The second-order valence-electron chi connectivity index (χ2n) is 7.09. The van der Waals surface area contributed by atoms with Crippen LogP contribution >= 0.6 is 0 Å². The summed E-state index contributed by atoms with van der Waals surface area (Å²) in [6, 6.07) is 19.3. The topological polar surface area (TPSA) is 0 Å². The van der Waals surface area contributed by atoms with Gasteiger partial charge in [-0.1, -0.05) is 36.4 Å². The van der Waals surface area contributed by atoms with Crippen LogP contribution in [0.3, 0.4) is 0 Å². The summed E-state index contributed by atoms with van der Waals surface area (Å²) in [5.41, 5.74) is 2.04. The third-order valence-corrected chi connectivity index (χ3v) is 15.4. The molecule has 4 rings (SSSR count). The average Bonchev–Trinajstić information content (AvgIpc) is 3.32. The van der Waals surface area contributed by atoms with E-state index in [0.717, 1.165) is 17.5 Å². The molecule has 1 aliphatic carbocycles. The molecular weight excluding hydrogens is 478 g/mol. The molecule has 0 radical (unpaired) electrons. The Balaban J connectivity index is 0.000000423. The molecule has 0 aromatic heterocycles. The van der Waals surface area contributed by atoms with Gasteiger partial charge in [0.25, 0.3) is 0 Å². The summed E-state index contributed by atoms with van der Waals surface area (Å²) < 4.78 is 0. The average molecular weight is 507 g/mol. The van der Waals surface area contributed by atoms with Crippen LogP contribution in [0.15, 0.2) is 72.8 Å². The normalized spacial score (nSPS) is 11.4. The number of fused-ring (bicyclic) bond motifs is 3. The number of hydrogen-bond donors (Lipinski definition) is 0. The van der Waals surface area contributed by atoms with Gasteiger partial charge in [0, 0.05) is 0 Å². The number of rotatable bonds is 2. The van der Waals surface area contributed by atoms with Crippen LogP contribution in [-0.4, -0.2) is 5.43 Å². The summed E-state index contributed by atoms with van der Waals surface area (Å²) in [6.07, 6.45) is 10.0. The van der Waals surface area contributed by atoms with Crippen molar-refractivity contribution < 1.29 is 48.1 Å². The molecule has 4 heteroatoms. The molecule has 0 nitrogen and oxygen atoms in total. The zero-order valence-electron chi connectivity index (χ0n) is 17.0. The van der Waals surface area contributed by atoms with Gasteiger partial charge in [0.15, 0.2) is 0 Å². The van der Waals surface area contributed by atoms with Gasteiger partial charge in [0.05, 0.1) is 0 Å². The summed E-state index contributed by atoms with van der Waals surface area (Å²) >= 11 is 1.80. The van der Waals surface area contributed by atoms with Crippen molar-refractivity contribution in [3.8, 4) is 0 Å². The Bertz CT molecular complexity index is 837. The van der Waals surface area contributed by atoms with Crippen molar-refractivity contribution in [2.24, 2.45) is 0 Å². The minimum atomic E-state index is 0. The summed E-state index contributed by atoms with van der Waals surface area (Å²) in [5, 5.41) is 5.39. The molecule has 1 aliphatic rings. The summed E-state index contributed by atoms with van der Waals surface area (Å²) in [5.74, 6) is 0. The fourth-order valence-electron chi connectivity index (χ4n) is 2.91. The van der Waals surface area contributed by atoms with E-state index in [4.69, 9.17) is 0 Å². The number of allylic oxidation sites excluding steroid dienone is 4. The Hall–Kier alpha value is -0.530. The van der Waals surface area contributed by atoms with Gasteiger partial charge in [-0.3, -0.25) is 6.08 Å². The van der Waals surface area contributed by atoms with Gasteiger partial charge in [-0.05, 0) is 0 Å². The number of hydrogen-bond acceptors (Lipinski definition) is 0. The molecule has 0 atom stereocenters. The van der Waals surface area contributed by atoms with Crippen molar-refractivity contribution in [2.75, 3.05) is 0 Å². The zero-order chi connectivity index (χ0) is 18.9. The molecular formula is C24H28Cl2SiZr-2. The molecule has 0 saturated carbocycles. The van der Waals surface area contributed by atoms with Crippen LogP contribution < -0.4 is 24.8 Å². The maximum absolute atomic E-state index is 2.99. The van der Waals surface area contributed by atoms with Crippen LogP contribution in [0, 0.1) is 6.08 Å². The van der Waals surface area contributed by atoms with Gasteiger partial charge < -0.3 is 24.8 Å². The molecule has 0 amide bonds. The van der Waals surface area contributed by atoms with E-state index in [1.165, 1.54) is 21.5 Å². The van der Waals surface area contributed by atoms with E-state index >= 15 is 0 Å². The second-order valence-corrected chi connectivity index (χ2v) is 14.6. The minimum Gasteiger partial charge on any atom is -1.00 e. The first kappa shape index (κ1) is 27.5. The van der Waals surface area contributed by atoms with Gasteiger partial charge in [-0.2, -0.15) is 6.08 Å². The van der Waals surface area contributed by atoms with Crippen molar-refractivity contribution in [3.63, 3.8) is 0 Å². The van der Waals surface area contributed by atoms with Crippen LogP contribution in [0.4, 0.5) is 0 Å². The molecule has 0 aliphatic heterocycles. The molecule has 0 heterocycles. The zero-order valence-corrected chi connectivity index (χ0v) is 22.0.